The molecule has 1 aromatic rings. The number of nitrogens with one attached hydrogen (secondary N) is 1. The average molecular weight is 242 g/mol. The molecule has 0 spiro atoms. The number of carbonyl (C=O) groups excluding carboxylic acids is 1. The largest absolute Gasteiger partial charge is 0.341 e. The van der Waals surface area contributed by atoms with Crippen molar-refractivity contribution in [2.24, 2.45) is 0 Å². The van der Waals surface area contributed by atoms with Gasteiger partial charge in [0.2, 0.25) is 0 Å². The van der Waals surface area contributed by atoms with Crippen LogP contribution in [0.15, 0.2) is 29.2 Å². The van der Waals surface area contributed by atoms with Gasteiger partial charge in [0, 0.05) is 26.0 Å². The first-order chi connectivity index (χ1) is 7.36. The highest BCUT2D eigenvalue weighted by Crippen LogP contribution is 2.16. The fourth-order valence-electron chi connectivity index (χ4n) is 1.20. The Labute approximate surface area is 95.0 Å². The van der Waals surface area contributed by atoms with E-state index in [1.54, 1.807) is 19.2 Å². The number of urea groups is 1. The summed E-state index contributed by atoms with van der Waals surface area (Å²) in [4.78, 5) is 12.9. The van der Waals surface area contributed by atoms with E-state index in [1.807, 2.05) is 0 Å². The monoisotopic (exact) mass is 242 g/mol. The molecule has 1 aromatic carbocycles. The second-order valence-corrected chi connectivity index (χ2v) is 5.40. The van der Waals surface area contributed by atoms with E-state index in [1.165, 1.54) is 24.1 Å². The van der Waals surface area contributed by atoms with Crippen LogP contribution in [0.3, 0.4) is 0 Å². The van der Waals surface area contributed by atoms with Crippen molar-refractivity contribution in [2.45, 2.75) is 4.90 Å². The summed E-state index contributed by atoms with van der Waals surface area (Å²) in [5, 5.41) is 2.48. The molecule has 0 aliphatic rings. The Morgan fingerprint density at radius 1 is 1.25 bits per heavy atom. The first-order valence-electron chi connectivity index (χ1n) is 4.62. The van der Waals surface area contributed by atoms with Crippen LogP contribution in [0.2, 0.25) is 0 Å². The molecule has 1 rings (SSSR count). The number of nitrogens with zero attached hydrogens (tertiary/aromatic N) is 1. The molecule has 0 unspecified atom stereocenters. The molecule has 0 saturated carbocycles. The highest BCUT2D eigenvalue weighted by atomic mass is 32.2. The zero-order valence-corrected chi connectivity index (χ0v) is 10.2. The standard InChI is InChI=1S/C10H14N2O3S/c1-11-10(13)12(2)8-4-6-9(7-5-8)16(3,14)15/h4-7H,1-3H3,(H,11,13). The average Bonchev–Trinajstić information content (AvgIpc) is 2.26. The molecule has 2 amide bonds. The van der Waals surface area contributed by atoms with Crippen molar-refractivity contribution in [3.05, 3.63) is 24.3 Å². The van der Waals surface area contributed by atoms with E-state index >= 15 is 0 Å². The molecule has 1 N–H and O–H groups in total. The van der Waals surface area contributed by atoms with Crippen LogP contribution >= 0.6 is 0 Å². The zero-order valence-electron chi connectivity index (χ0n) is 9.39. The SMILES string of the molecule is CNC(=O)N(C)c1ccc(S(C)(=O)=O)cc1. The quantitative estimate of drug-likeness (QED) is 0.836. The van der Waals surface area contributed by atoms with Gasteiger partial charge in [-0.1, -0.05) is 0 Å². The predicted octanol–water partition coefficient (Wildman–Crippen LogP) is 0.866. The molecule has 88 valence electrons. The van der Waals surface area contributed by atoms with Crippen LogP contribution in [0, 0.1) is 0 Å². The summed E-state index contributed by atoms with van der Waals surface area (Å²) >= 11 is 0. The molecule has 0 aromatic heterocycles. The van der Waals surface area contributed by atoms with Crippen LogP contribution in [0.1, 0.15) is 0 Å². The van der Waals surface area contributed by atoms with E-state index in [4.69, 9.17) is 0 Å². The third-order valence-electron chi connectivity index (χ3n) is 2.17. The fourth-order valence-corrected chi connectivity index (χ4v) is 1.83. The molecule has 0 saturated heterocycles. The number of hydrogen-bond acceptors (Lipinski definition) is 3. The minimum absolute atomic E-state index is 0.238. The number of benzene rings is 1. The minimum atomic E-state index is -3.19. The maximum absolute atomic E-state index is 11.3. The summed E-state index contributed by atoms with van der Waals surface area (Å²) in [7, 11) is -0.0533. The van der Waals surface area contributed by atoms with E-state index in [0.29, 0.717) is 5.69 Å². The maximum Gasteiger partial charge on any atom is 0.321 e. The minimum Gasteiger partial charge on any atom is -0.341 e. The van der Waals surface area contributed by atoms with E-state index in [0.717, 1.165) is 6.26 Å². The Morgan fingerprint density at radius 2 is 1.75 bits per heavy atom. The highest BCUT2D eigenvalue weighted by Gasteiger charge is 2.10. The van der Waals surface area contributed by atoms with Crippen molar-refractivity contribution in [1.82, 2.24) is 5.32 Å². The molecule has 0 atom stereocenters. The van der Waals surface area contributed by atoms with E-state index in [-0.39, 0.29) is 10.9 Å². The van der Waals surface area contributed by atoms with E-state index < -0.39 is 9.84 Å². The van der Waals surface area contributed by atoms with Gasteiger partial charge >= 0.3 is 6.03 Å². The molecule has 6 heteroatoms. The Bertz CT molecular complexity index is 479. The number of amides is 2. The lowest BCUT2D eigenvalue weighted by molar-refractivity contribution is 0.249. The van der Waals surface area contributed by atoms with Crippen LogP contribution < -0.4 is 10.2 Å². The Hall–Kier alpha value is -1.56. The third-order valence-corrected chi connectivity index (χ3v) is 3.30. The van der Waals surface area contributed by atoms with Crippen LogP contribution in [0.5, 0.6) is 0 Å². The molecule has 0 bridgehead atoms. The summed E-state index contributed by atoms with van der Waals surface area (Å²) < 4.78 is 22.4. The van der Waals surface area contributed by atoms with Gasteiger partial charge in [-0.15, -0.1) is 0 Å². The van der Waals surface area contributed by atoms with Crippen molar-refractivity contribution in [3.8, 4) is 0 Å². The van der Waals surface area contributed by atoms with Gasteiger partial charge in [-0.2, -0.15) is 0 Å². The molecular formula is C10H14N2O3S. The van der Waals surface area contributed by atoms with E-state index in [2.05, 4.69) is 5.32 Å². The van der Waals surface area contributed by atoms with Gasteiger partial charge in [0.1, 0.15) is 0 Å². The Kier molecular flexibility index (Phi) is 3.54. The number of rotatable bonds is 2. The number of carbonyl (C=O) groups is 1. The molecular weight excluding hydrogens is 228 g/mol. The number of hydrogen-bond donors (Lipinski definition) is 1. The topological polar surface area (TPSA) is 66.5 Å². The molecule has 0 fully saturated rings. The zero-order chi connectivity index (χ0) is 12.3. The molecule has 0 aliphatic heterocycles. The second-order valence-electron chi connectivity index (χ2n) is 3.38. The maximum atomic E-state index is 11.3. The van der Waals surface area contributed by atoms with Crippen molar-refractivity contribution < 1.29 is 13.2 Å². The van der Waals surface area contributed by atoms with E-state index in [9.17, 15) is 13.2 Å². The lowest BCUT2D eigenvalue weighted by atomic mass is 10.3. The first-order valence-corrected chi connectivity index (χ1v) is 6.51. The van der Waals surface area contributed by atoms with Gasteiger partial charge in [0.25, 0.3) is 0 Å². The summed E-state index contributed by atoms with van der Waals surface area (Å²) in [6, 6.07) is 5.87. The highest BCUT2D eigenvalue weighted by molar-refractivity contribution is 7.90. The lowest BCUT2D eigenvalue weighted by Gasteiger charge is -2.16. The summed E-state index contributed by atoms with van der Waals surface area (Å²) in [5.74, 6) is 0. The van der Waals surface area contributed by atoms with Crippen LogP contribution in [-0.2, 0) is 9.84 Å². The Morgan fingerprint density at radius 3 is 2.12 bits per heavy atom. The lowest BCUT2D eigenvalue weighted by Crippen LogP contribution is -2.34. The summed E-state index contributed by atoms with van der Waals surface area (Å²) in [5.41, 5.74) is 0.631. The third kappa shape index (κ3) is 2.73. The second kappa shape index (κ2) is 4.52. The number of anilines is 1. The van der Waals surface area contributed by atoms with Gasteiger partial charge in [-0.3, -0.25) is 4.90 Å². The van der Waals surface area contributed by atoms with Crippen molar-refractivity contribution in [1.29, 1.82) is 0 Å². The van der Waals surface area contributed by atoms with Crippen molar-refractivity contribution in [2.75, 3.05) is 25.3 Å². The van der Waals surface area contributed by atoms with Gasteiger partial charge in [0.05, 0.1) is 4.90 Å². The fraction of sp³-hybridized carbons (Fsp3) is 0.300. The van der Waals surface area contributed by atoms with Crippen molar-refractivity contribution in [3.63, 3.8) is 0 Å². The molecule has 5 nitrogen and oxygen atoms in total. The van der Waals surface area contributed by atoms with Crippen molar-refractivity contribution >= 4 is 21.6 Å². The summed E-state index contributed by atoms with van der Waals surface area (Å²) in [6.45, 7) is 0. The first kappa shape index (κ1) is 12.5. The van der Waals surface area contributed by atoms with Crippen LogP contribution in [0.4, 0.5) is 10.5 Å². The number of sulfone groups is 1. The summed E-state index contributed by atoms with van der Waals surface area (Å²) in [6.07, 6.45) is 1.14. The smallest absolute Gasteiger partial charge is 0.321 e. The van der Waals surface area contributed by atoms with Crippen LogP contribution in [0.25, 0.3) is 0 Å². The normalized spacial score (nSPS) is 10.9. The predicted molar refractivity (Wildman–Crippen MR) is 62.4 cm³/mol. The van der Waals surface area contributed by atoms with Gasteiger partial charge in [-0.25, -0.2) is 13.2 Å². The molecule has 0 radical (unpaired) electrons. The Balaban J connectivity index is 3.00. The molecule has 16 heavy (non-hydrogen) atoms. The van der Waals surface area contributed by atoms with Crippen LogP contribution in [-0.4, -0.2) is 34.8 Å². The van der Waals surface area contributed by atoms with Gasteiger partial charge in [0.15, 0.2) is 9.84 Å². The molecule has 0 heterocycles. The van der Waals surface area contributed by atoms with Gasteiger partial charge in [-0.05, 0) is 24.3 Å². The van der Waals surface area contributed by atoms with Gasteiger partial charge < -0.3 is 5.32 Å². The molecule has 0 aliphatic carbocycles.